The molecule has 0 unspecified atom stereocenters. The van der Waals surface area contributed by atoms with Crippen LogP contribution < -0.4 is 10.6 Å². The van der Waals surface area contributed by atoms with Crippen molar-refractivity contribution in [1.82, 2.24) is 14.9 Å². The monoisotopic (exact) mass is 300 g/mol. The van der Waals surface area contributed by atoms with Crippen molar-refractivity contribution in [1.29, 1.82) is 0 Å². The van der Waals surface area contributed by atoms with E-state index >= 15 is 0 Å². The van der Waals surface area contributed by atoms with Crippen LogP contribution in [0.4, 0.5) is 10.5 Å². The number of rotatable bonds is 3. The molecular weight excluding hydrogens is 288 g/mol. The number of hydrogen-bond acceptors (Lipinski definition) is 2. The summed E-state index contributed by atoms with van der Waals surface area (Å²) in [7, 11) is 0. The molecule has 0 saturated carbocycles. The molecule has 6 heteroatoms. The van der Waals surface area contributed by atoms with Crippen LogP contribution in [0.3, 0.4) is 0 Å². The van der Waals surface area contributed by atoms with Crippen LogP contribution in [0, 0.1) is 0 Å². The third kappa shape index (κ3) is 3.14. The largest absolute Gasteiger partial charge is 0.334 e. The van der Waals surface area contributed by atoms with Crippen molar-refractivity contribution in [3.05, 3.63) is 65.4 Å². The summed E-state index contributed by atoms with van der Waals surface area (Å²) in [5, 5.41) is 10.3. The molecule has 0 atom stereocenters. The highest BCUT2D eigenvalue weighted by Crippen LogP contribution is 2.15. The zero-order valence-electron chi connectivity index (χ0n) is 11.1. The summed E-state index contributed by atoms with van der Waals surface area (Å²) in [5.41, 5.74) is 2.58. The average molecular weight is 301 g/mol. The minimum Gasteiger partial charge on any atom is -0.334 e. The molecule has 1 aromatic carbocycles. The van der Waals surface area contributed by atoms with Gasteiger partial charge in [0.1, 0.15) is 0 Å². The van der Waals surface area contributed by atoms with Crippen LogP contribution in [0.1, 0.15) is 5.56 Å². The van der Waals surface area contributed by atoms with E-state index in [2.05, 4.69) is 15.7 Å². The molecule has 2 N–H and O–H groups in total. The second-order valence-electron chi connectivity index (χ2n) is 4.52. The van der Waals surface area contributed by atoms with E-state index in [0.29, 0.717) is 17.3 Å². The number of fused-ring (bicyclic) bond motifs is 1. The van der Waals surface area contributed by atoms with E-state index in [4.69, 9.17) is 11.6 Å². The van der Waals surface area contributed by atoms with Crippen molar-refractivity contribution in [3.8, 4) is 0 Å². The van der Waals surface area contributed by atoms with Crippen molar-refractivity contribution in [2.45, 2.75) is 6.54 Å². The molecule has 3 rings (SSSR count). The fourth-order valence-electron chi connectivity index (χ4n) is 2.04. The Bertz CT molecular complexity index is 784. The predicted molar refractivity (Wildman–Crippen MR) is 82.5 cm³/mol. The molecule has 21 heavy (non-hydrogen) atoms. The van der Waals surface area contributed by atoms with Crippen molar-refractivity contribution >= 4 is 28.8 Å². The number of urea groups is 1. The van der Waals surface area contributed by atoms with Gasteiger partial charge in [-0.3, -0.25) is 0 Å². The van der Waals surface area contributed by atoms with Gasteiger partial charge in [-0.25, -0.2) is 9.31 Å². The number of carbonyl (C=O) groups is 1. The first-order chi connectivity index (χ1) is 10.2. The molecule has 3 aromatic rings. The summed E-state index contributed by atoms with van der Waals surface area (Å²) >= 11 is 5.87. The Morgan fingerprint density at radius 1 is 1.24 bits per heavy atom. The summed E-state index contributed by atoms with van der Waals surface area (Å²) in [6, 6.07) is 12.5. The van der Waals surface area contributed by atoms with Gasteiger partial charge in [0.25, 0.3) is 0 Å². The van der Waals surface area contributed by atoms with Gasteiger partial charge in [0.2, 0.25) is 0 Å². The fourth-order valence-corrected chi connectivity index (χ4v) is 2.23. The summed E-state index contributed by atoms with van der Waals surface area (Å²) < 4.78 is 1.77. The number of nitrogens with zero attached hydrogens (tertiary/aromatic N) is 2. The fraction of sp³-hybridized carbons (Fsp3) is 0.0667. The first-order valence-corrected chi connectivity index (χ1v) is 6.82. The number of carbonyl (C=O) groups excluding carboxylic acids is 1. The first-order valence-electron chi connectivity index (χ1n) is 6.44. The highest BCUT2D eigenvalue weighted by molar-refractivity contribution is 6.30. The third-order valence-electron chi connectivity index (χ3n) is 3.03. The molecule has 0 radical (unpaired) electrons. The molecular formula is C15H13ClN4O. The van der Waals surface area contributed by atoms with Crippen LogP contribution in [0.15, 0.2) is 54.9 Å². The van der Waals surface area contributed by atoms with Crippen molar-refractivity contribution in [3.63, 3.8) is 0 Å². The summed E-state index contributed by atoms with van der Waals surface area (Å²) in [6.07, 6.45) is 3.61. The number of halogens is 1. The van der Waals surface area contributed by atoms with E-state index in [1.807, 2.05) is 24.4 Å². The topological polar surface area (TPSA) is 58.4 Å². The maximum atomic E-state index is 11.9. The molecule has 0 spiro atoms. The molecule has 2 aromatic heterocycles. The predicted octanol–water partition coefficient (Wildman–Crippen LogP) is 3.31. The lowest BCUT2D eigenvalue weighted by atomic mass is 10.2. The average Bonchev–Trinajstić information content (AvgIpc) is 2.88. The van der Waals surface area contributed by atoms with Crippen LogP contribution in [-0.2, 0) is 6.54 Å². The smallest absolute Gasteiger partial charge is 0.319 e. The Kier molecular flexibility index (Phi) is 3.75. The third-order valence-corrected chi connectivity index (χ3v) is 3.26. The SMILES string of the molecule is O=C(NCc1cnn2ccccc12)Nc1cccc(Cl)c1. The van der Waals surface area contributed by atoms with Crippen molar-refractivity contribution in [2.24, 2.45) is 0 Å². The van der Waals surface area contributed by atoms with Gasteiger partial charge in [-0.1, -0.05) is 23.7 Å². The molecule has 106 valence electrons. The molecule has 0 aliphatic carbocycles. The van der Waals surface area contributed by atoms with E-state index in [9.17, 15) is 4.79 Å². The van der Waals surface area contributed by atoms with Crippen molar-refractivity contribution < 1.29 is 4.79 Å². The Labute approximate surface area is 126 Å². The number of nitrogens with one attached hydrogen (secondary N) is 2. The maximum absolute atomic E-state index is 11.9. The zero-order valence-corrected chi connectivity index (χ0v) is 11.8. The zero-order chi connectivity index (χ0) is 14.7. The quantitative estimate of drug-likeness (QED) is 0.779. The van der Waals surface area contributed by atoms with Gasteiger partial charge in [0.05, 0.1) is 11.7 Å². The van der Waals surface area contributed by atoms with Crippen LogP contribution in [0.2, 0.25) is 5.02 Å². The van der Waals surface area contributed by atoms with E-state index in [1.165, 1.54) is 0 Å². The van der Waals surface area contributed by atoms with Crippen LogP contribution in [0.5, 0.6) is 0 Å². The van der Waals surface area contributed by atoms with Crippen LogP contribution in [0.25, 0.3) is 5.52 Å². The minimum atomic E-state index is -0.285. The molecule has 0 bridgehead atoms. The Morgan fingerprint density at radius 2 is 2.14 bits per heavy atom. The lowest BCUT2D eigenvalue weighted by Crippen LogP contribution is -2.28. The number of aromatic nitrogens is 2. The maximum Gasteiger partial charge on any atom is 0.319 e. The minimum absolute atomic E-state index is 0.285. The van der Waals surface area contributed by atoms with Crippen LogP contribution >= 0.6 is 11.6 Å². The highest BCUT2D eigenvalue weighted by atomic mass is 35.5. The van der Waals surface area contributed by atoms with Gasteiger partial charge in [-0.15, -0.1) is 0 Å². The van der Waals surface area contributed by atoms with Gasteiger partial charge in [-0.2, -0.15) is 5.10 Å². The second-order valence-corrected chi connectivity index (χ2v) is 4.95. The highest BCUT2D eigenvalue weighted by Gasteiger charge is 2.06. The van der Waals surface area contributed by atoms with Crippen molar-refractivity contribution in [2.75, 3.05) is 5.32 Å². The van der Waals surface area contributed by atoms with E-state index in [0.717, 1.165) is 11.1 Å². The molecule has 0 aliphatic rings. The van der Waals surface area contributed by atoms with E-state index in [1.54, 1.807) is 35.0 Å². The van der Waals surface area contributed by atoms with Gasteiger partial charge in [-0.05, 0) is 30.3 Å². The van der Waals surface area contributed by atoms with E-state index < -0.39 is 0 Å². The number of pyridine rings is 1. The molecule has 0 fully saturated rings. The standard InChI is InChI=1S/C15H13ClN4O/c16-12-4-3-5-13(8-12)19-15(21)17-9-11-10-18-20-7-2-1-6-14(11)20/h1-8,10H,9H2,(H2,17,19,21). The summed E-state index contributed by atoms with van der Waals surface area (Å²) in [5.74, 6) is 0. The second kappa shape index (κ2) is 5.85. The van der Waals surface area contributed by atoms with E-state index in [-0.39, 0.29) is 6.03 Å². The van der Waals surface area contributed by atoms with Gasteiger partial charge < -0.3 is 10.6 Å². The lowest BCUT2D eigenvalue weighted by Gasteiger charge is -2.07. The number of amides is 2. The molecule has 2 amide bonds. The lowest BCUT2D eigenvalue weighted by molar-refractivity contribution is 0.252. The number of hydrogen-bond donors (Lipinski definition) is 2. The Hall–Kier alpha value is -2.53. The molecule has 2 heterocycles. The molecule has 5 nitrogen and oxygen atoms in total. The summed E-state index contributed by atoms with van der Waals surface area (Å²) in [6.45, 7) is 0.403. The Balaban J connectivity index is 1.63. The summed E-state index contributed by atoms with van der Waals surface area (Å²) in [4.78, 5) is 11.9. The number of benzene rings is 1. The van der Waals surface area contributed by atoms with Gasteiger partial charge in [0, 0.05) is 29.0 Å². The van der Waals surface area contributed by atoms with Gasteiger partial charge >= 0.3 is 6.03 Å². The Morgan fingerprint density at radius 3 is 3.00 bits per heavy atom. The first kappa shape index (κ1) is 13.5. The normalized spacial score (nSPS) is 10.5. The number of anilines is 1. The molecule has 0 aliphatic heterocycles. The van der Waals surface area contributed by atoms with Crippen LogP contribution in [-0.4, -0.2) is 15.6 Å². The van der Waals surface area contributed by atoms with Gasteiger partial charge in [0.15, 0.2) is 0 Å². The molecule has 0 saturated heterocycles.